The van der Waals surface area contributed by atoms with Crippen molar-refractivity contribution in [2.75, 3.05) is 13.7 Å². The summed E-state index contributed by atoms with van der Waals surface area (Å²) >= 11 is 9.79. The topological polar surface area (TPSA) is 56.1 Å². The van der Waals surface area contributed by atoms with Crippen LogP contribution in [0.15, 0.2) is 47.2 Å². The van der Waals surface area contributed by atoms with Gasteiger partial charge < -0.3 is 14.4 Å². The molecule has 1 aromatic carbocycles. The van der Waals surface area contributed by atoms with Gasteiger partial charge in [-0.15, -0.1) is 0 Å². The van der Waals surface area contributed by atoms with Crippen LogP contribution in [0.1, 0.15) is 31.9 Å². The maximum Gasteiger partial charge on any atom is 0.223 e. The van der Waals surface area contributed by atoms with E-state index in [0.29, 0.717) is 23.7 Å². The highest BCUT2D eigenvalue weighted by molar-refractivity contribution is 9.10. The second-order valence-corrected chi connectivity index (χ2v) is 8.91. The van der Waals surface area contributed by atoms with E-state index < -0.39 is 0 Å². The highest BCUT2D eigenvalue weighted by Gasteiger charge is 2.37. The molecule has 6 nitrogen and oxygen atoms in total. The lowest BCUT2D eigenvalue weighted by Crippen LogP contribution is -2.31. The molecule has 1 saturated heterocycles. The van der Waals surface area contributed by atoms with Crippen LogP contribution < -0.4 is 9.47 Å². The van der Waals surface area contributed by atoms with Crippen molar-refractivity contribution < 1.29 is 14.3 Å². The van der Waals surface area contributed by atoms with Gasteiger partial charge in [-0.05, 0) is 53.5 Å². The number of halogens is 2. The molecule has 30 heavy (non-hydrogen) atoms. The summed E-state index contributed by atoms with van der Waals surface area (Å²) in [5.74, 6) is 1.67. The minimum absolute atomic E-state index is 0.0116. The summed E-state index contributed by atoms with van der Waals surface area (Å²) in [7, 11) is 1.64. The Bertz CT molecular complexity index is 1070. The normalized spacial score (nSPS) is 18.6. The molecule has 0 bridgehead atoms. The molecule has 0 saturated carbocycles. The van der Waals surface area contributed by atoms with Gasteiger partial charge in [0.05, 0.1) is 24.4 Å². The summed E-state index contributed by atoms with van der Waals surface area (Å²) < 4.78 is 14.0. The van der Waals surface area contributed by atoms with E-state index in [9.17, 15) is 4.79 Å². The van der Waals surface area contributed by atoms with E-state index >= 15 is 0 Å². The van der Waals surface area contributed by atoms with Crippen molar-refractivity contribution in [3.63, 3.8) is 0 Å². The number of hydrogen-bond donors (Lipinski definition) is 0. The van der Waals surface area contributed by atoms with E-state index in [1.165, 1.54) is 0 Å². The zero-order valence-corrected chi connectivity index (χ0v) is 19.4. The maximum atomic E-state index is 12.8. The number of carbonyl (C=O) groups is 1. The first-order chi connectivity index (χ1) is 14.4. The Morgan fingerprint density at radius 3 is 2.70 bits per heavy atom. The van der Waals surface area contributed by atoms with Gasteiger partial charge in [0.1, 0.15) is 23.1 Å². The molecule has 2 aromatic heterocycles. The third kappa shape index (κ3) is 4.01. The second-order valence-electron chi connectivity index (χ2n) is 7.59. The first-order valence-corrected chi connectivity index (χ1v) is 11.0. The Hall–Kier alpha value is -2.25. The molecule has 4 rings (SSSR count). The van der Waals surface area contributed by atoms with Crippen LogP contribution in [0.3, 0.4) is 0 Å². The van der Waals surface area contributed by atoms with E-state index in [-0.39, 0.29) is 24.0 Å². The fraction of sp³-hybridized carbons (Fsp3) is 0.364. The third-order valence-corrected chi connectivity index (χ3v) is 6.44. The zero-order chi connectivity index (χ0) is 21.4. The molecule has 1 fully saturated rings. The molecule has 0 spiro atoms. The first kappa shape index (κ1) is 21.0. The van der Waals surface area contributed by atoms with Gasteiger partial charge >= 0.3 is 0 Å². The van der Waals surface area contributed by atoms with Crippen molar-refractivity contribution in [2.24, 2.45) is 5.92 Å². The Kier molecular flexibility index (Phi) is 5.93. The fourth-order valence-corrected chi connectivity index (χ4v) is 4.54. The van der Waals surface area contributed by atoms with Crippen LogP contribution in [0, 0.1) is 5.92 Å². The Morgan fingerprint density at radius 2 is 2.00 bits per heavy atom. The van der Waals surface area contributed by atoms with Gasteiger partial charge in [0.25, 0.3) is 0 Å². The predicted octanol–water partition coefficient (Wildman–Crippen LogP) is 5.14. The van der Waals surface area contributed by atoms with E-state index in [2.05, 4.69) is 28.0 Å². The number of methoxy groups -OCH3 is 1. The Labute approximate surface area is 188 Å². The number of aromatic nitrogens is 2. The number of carbonyl (C=O) groups excluding carboxylic acids is 1. The first-order valence-electron chi connectivity index (χ1n) is 9.80. The molecule has 8 heteroatoms. The standard InChI is InChI=1S/C22H23BrClN3O3/c1-13(15-4-6-18(29-3)7-5-15)26-11-16(8-21(26)28)14(2)30-20-9-17(23)12-27-22(20)19(24)10-25-27/h4-7,9-10,12-14,16H,8,11H2,1-3H3/t13?,14?,16-/m1/s1. The van der Waals surface area contributed by atoms with Crippen molar-refractivity contribution in [3.05, 3.63) is 57.8 Å². The summed E-state index contributed by atoms with van der Waals surface area (Å²) in [5.41, 5.74) is 1.80. The number of nitrogens with zero attached hydrogens (tertiary/aromatic N) is 3. The van der Waals surface area contributed by atoms with Crippen molar-refractivity contribution in [1.29, 1.82) is 0 Å². The monoisotopic (exact) mass is 491 g/mol. The summed E-state index contributed by atoms with van der Waals surface area (Å²) in [4.78, 5) is 14.7. The summed E-state index contributed by atoms with van der Waals surface area (Å²) in [5, 5.41) is 4.77. The van der Waals surface area contributed by atoms with E-state index in [0.717, 1.165) is 21.3 Å². The highest BCUT2D eigenvalue weighted by Crippen LogP contribution is 2.35. The molecule has 0 radical (unpaired) electrons. The zero-order valence-electron chi connectivity index (χ0n) is 17.0. The predicted molar refractivity (Wildman–Crippen MR) is 119 cm³/mol. The molecule has 3 aromatic rings. The molecule has 1 aliphatic heterocycles. The third-order valence-electron chi connectivity index (χ3n) is 5.73. The summed E-state index contributed by atoms with van der Waals surface area (Å²) in [6.45, 7) is 4.70. The van der Waals surface area contributed by atoms with Crippen LogP contribution in [0.5, 0.6) is 11.5 Å². The molecule has 1 aliphatic rings. The van der Waals surface area contributed by atoms with Gasteiger partial charge in [0, 0.05) is 29.6 Å². The number of ether oxygens (including phenoxy) is 2. The Balaban J connectivity index is 1.49. The van der Waals surface area contributed by atoms with Crippen LogP contribution in [0.25, 0.3) is 5.52 Å². The molecule has 0 aliphatic carbocycles. The van der Waals surface area contributed by atoms with Gasteiger partial charge in [-0.2, -0.15) is 5.10 Å². The SMILES string of the molecule is COc1ccc(C(C)N2C[C@H](C(C)Oc3cc(Br)cn4ncc(Cl)c34)CC2=O)cc1. The largest absolute Gasteiger partial charge is 0.497 e. The molecule has 3 atom stereocenters. The maximum absolute atomic E-state index is 12.8. The van der Waals surface area contributed by atoms with Crippen LogP contribution >= 0.6 is 27.5 Å². The van der Waals surface area contributed by atoms with E-state index in [1.54, 1.807) is 17.8 Å². The molecule has 2 unspecified atom stereocenters. The molecule has 1 amide bonds. The molecule has 3 heterocycles. The summed E-state index contributed by atoms with van der Waals surface area (Å²) in [6, 6.07) is 9.72. The van der Waals surface area contributed by atoms with Crippen molar-refractivity contribution in [1.82, 2.24) is 14.5 Å². The van der Waals surface area contributed by atoms with E-state index in [4.69, 9.17) is 21.1 Å². The number of rotatable bonds is 6. The van der Waals surface area contributed by atoms with Crippen LogP contribution in [-0.4, -0.2) is 40.2 Å². The Morgan fingerprint density at radius 1 is 1.27 bits per heavy atom. The molecular formula is C22H23BrClN3O3. The van der Waals surface area contributed by atoms with Crippen LogP contribution in [-0.2, 0) is 4.79 Å². The number of amides is 1. The van der Waals surface area contributed by atoms with Gasteiger partial charge in [0.2, 0.25) is 5.91 Å². The lowest BCUT2D eigenvalue weighted by Gasteiger charge is -2.27. The smallest absolute Gasteiger partial charge is 0.223 e. The highest BCUT2D eigenvalue weighted by atomic mass is 79.9. The fourth-order valence-electron chi connectivity index (χ4n) is 3.92. The molecule has 0 N–H and O–H groups in total. The minimum Gasteiger partial charge on any atom is -0.497 e. The number of benzene rings is 1. The summed E-state index contributed by atoms with van der Waals surface area (Å²) in [6.07, 6.45) is 3.72. The lowest BCUT2D eigenvalue weighted by molar-refractivity contribution is -0.129. The van der Waals surface area contributed by atoms with Crippen molar-refractivity contribution in [2.45, 2.75) is 32.4 Å². The minimum atomic E-state index is -0.161. The van der Waals surface area contributed by atoms with Crippen molar-refractivity contribution >= 4 is 39.0 Å². The number of likely N-dealkylation sites (tertiary alicyclic amines) is 1. The van der Waals surface area contributed by atoms with Gasteiger partial charge in [-0.3, -0.25) is 4.79 Å². The molecular weight excluding hydrogens is 470 g/mol. The lowest BCUT2D eigenvalue weighted by atomic mass is 10.0. The second kappa shape index (κ2) is 8.47. The van der Waals surface area contributed by atoms with Crippen LogP contribution in [0.4, 0.5) is 0 Å². The van der Waals surface area contributed by atoms with Gasteiger partial charge in [-0.1, -0.05) is 23.7 Å². The number of hydrogen-bond acceptors (Lipinski definition) is 4. The number of pyridine rings is 1. The van der Waals surface area contributed by atoms with Crippen molar-refractivity contribution in [3.8, 4) is 11.5 Å². The average Bonchev–Trinajstić information content (AvgIpc) is 3.30. The number of fused-ring (bicyclic) bond motifs is 1. The average molecular weight is 493 g/mol. The van der Waals surface area contributed by atoms with Crippen LogP contribution in [0.2, 0.25) is 5.02 Å². The van der Waals surface area contributed by atoms with Gasteiger partial charge in [-0.25, -0.2) is 4.52 Å². The van der Waals surface area contributed by atoms with E-state index in [1.807, 2.05) is 48.4 Å². The quantitative estimate of drug-likeness (QED) is 0.478. The molecule has 158 valence electrons. The van der Waals surface area contributed by atoms with Gasteiger partial charge in [0.15, 0.2) is 0 Å².